The van der Waals surface area contributed by atoms with E-state index in [1.807, 2.05) is 0 Å². The Morgan fingerprint density at radius 1 is 1.29 bits per heavy atom. The molecular formula is C9H20N2O5S. The SMILES string of the molecule is CC(C)OC(=O)NS(=O)(=O)N[C@H](CO)C(C)C. The van der Waals surface area contributed by atoms with Crippen LogP contribution in [-0.4, -0.2) is 38.4 Å². The van der Waals surface area contributed by atoms with Crippen LogP contribution in [-0.2, 0) is 14.9 Å². The molecule has 17 heavy (non-hydrogen) atoms. The first-order chi connectivity index (χ1) is 7.68. The Morgan fingerprint density at radius 2 is 1.82 bits per heavy atom. The smallest absolute Gasteiger partial charge is 0.422 e. The van der Waals surface area contributed by atoms with Gasteiger partial charge in [-0.05, 0) is 19.8 Å². The van der Waals surface area contributed by atoms with Gasteiger partial charge in [0.1, 0.15) is 0 Å². The molecule has 1 atom stereocenters. The second-order valence-corrected chi connectivity index (χ2v) is 5.66. The number of rotatable bonds is 6. The molecular weight excluding hydrogens is 248 g/mol. The predicted molar refractivity (Wildman–Crippen MR) is 62.5 cm³/mol. The average Bonchev–Trinajstić information content (AvgIpc) is 2.11. The molecule has 0 heterocycles. The third-order valence-corrected chi connectivity index (χ3v) is 2.92. The molecule has 3 N–H and O–H groups in total. The molecule has 0 aromatic heterocycles. The third kappa shape index (κ3) is 7.14. The zero-order chi connectivity index (χ0) is 13.6. The zero-order valence-corrected chi connectivity index (χ0v) is 11.2. The predicted octanol–water partition coefficient (Wildman–Crippen LogP) is -0.0277. The van der Waals surface area contributed by atoms with Gasteiger partial charge in [0, 0.05) is 6.04 Å². The molecule has 0 aliphatic carbocycles. The number of carbonyl (C=O) groups excluding carboxylic acids is 1. The molecule has 8 heteroatoms. The van der Waals surface area contributed by atoms with Crippen molar-refractivity contribution < 1.29 is 23.1 Å². The van der Waals surface area contributed by atoms with Crippen LogP contribution in [0, 0.1) is 5.92 Å². The number of amides is 1. The van der Waals surface area contributed by atoms with E-state index in [0.717, 1.165) is 0 Å². The first-order valence-electron chi connectivity index (χ1n) is 5.29. The summed E-state index contributed by atoms with van der Waals surface area (Å²) in [7, 11) is -4.02. The van der Waals surface area contributed by atoms with E-state index < -0.39 is 28.4 Å². The molecule has 0 fully saturated rings. The van der Waals surface area contributed by atoms with Crippen molar-refractivity contribution in [2.45, 2.75) is 39.8 Å². The molecule has 0 aliphatic heterocycles. The van der Waals surface area contributed by atoms with E-state index in [0.29, 0.717) is 0 Å². The van der Waals surface area contributed by atoms with Crippen molar-refractivity contribution in [2.24, 2.45) is 5.92 Å². The number of hydrogen-bond acceptors (Lipinski definition) is 5. The van der Waals surface area contributed by atoms with Gasteiger partial charge in [-0.15, -0.1) is 0 Å². The summed E-state index contributed by atoms with van der Waals surface area (Å²) >= 11 is 0. The van der Waals surface area contributed by atoms with Crippen LogP contribution in [0.15, 0.2) is 0 Å². The second kappa shape index (κ2) is 6.77. The molecule has 0 bridgehead atoms. The molecule has 0 spiro atoms. The summed E-state index contributed by atoms with van der Waals surface area (Å²) in [6.45, 7) is 6.35. The van der Waals surface area contributed by atoms with Crippen LogP contribution < -0.4 is 9.44 Å². The van der Waals surface area contributed by atoms with Gasteiger partial charge in [0.25, 0.3) is 0 Å². The largest absolute Gasteiger partial charge is 0.446 e. The van der Waals surface area contributed by atoms with Crippen molar-refractivity contribution in [1.29, 1.82) is 0 Å². The second-order valence-electron chi connectivity index (χ2n) is 4.21. The summed E-state index contributed by atoms with van der Waals surface area (Å²) in [5, 5.41) is 8.97. The molecule has 0 aromatic rings. The van der Waals surface area contributed by atoms with Crippen molar-refractivity contribution in [3.05, 3.63) is 0 Å². The van der Waals surface area contributed by atoms with Crippen molar-refractivity contribution >= 4 is 16.3 Å². The molecule has 102 valence electrons. The maximum atomic E-state index is 11.5. The van der Waals surface area contributed by atoms with Crippen LogP contribution in [0.1, 0.15) is 27.7 Å². The van der Waals surface area contributed by atoms with Crippen LogP contribution >= 0.6 is 0 Å². The number of carbonyl (C=O) groups is 1. The lowest BCUT2D eigenvalue weighted by molar-refractivity contribution is 0.121. The first kappa shape index (κ1) is 16.1. The highest BCUT2D eigenvalue weighted by Crippen LogP contribution is 2.01. The first-order valence-corrected chi connectivity index (χ1v) is 6.77. The van der Waals surface area contributed by atoms with Gasteiger partial charge in [-0.3, -0.25) is 0 Å². The molecule has 7 nitrogen and oxygen atoms in total. The summed E-state index contributed by atoms with van der Waals surface area (Å²) < 4.78 is 31.4. The monoisotopic (exact) mass is 268 g/mol. The van der Waals surface area contributed by atoms with Crippen molar-refractivity contribution in [1.82, 2.24) is 9.44 Å². The highest BCUT2D eigenvalue weighted by molar-refractivity contribution is 7.88. The number of ether oxygens (including phenoxy) is 1. The lowest BCUT2D eigenvalue weighted by atomic mass is 10.1. The highest BCUT2D eigenvalue weighted by atomic mass is 32.2. The zero-order valence-electron chi connectivity index (χ0n) is 10.4. The lowest BCUT2D eigenvalue weighted by Gasteiger charge is -2.20. The Bertz CT molecular complexity index is 339. The fourth-order valence-corrected chi connectivity index (χ4v) is 2.03. The van der Waals surface area contributed by atoms with Gasteiger partial charge in [-0.1, -0.05) is 13.8 Å². The quantitative estimate of drug-likeness (QED) is 0.627. The van der Waals surface area contributed by atoms with E-state index in [1.54, 1.807) is 32.4 Å². The molecule has 0 rings (SSSR count). The minimum absolute atomic E-state index is 0.0994. The van der Waals surface area contributed by atoms with E-state index in [9.17, 15) is 13.2 Å². The lowest BCUT2D eigenvalue weighted by Crippen LogP contribution is -2.48. The van der Waals surface area contributed by atoms with Crippen LogP contribution in [0.5, 0.6) is 0 Å². The highest BCUT2D eigenvalue weighted by Gasteiger charge is 2.22. The number of nitrogens with one attached hydrogen (secondary N) is 2. The molecule has 0 unspecified atom stereocenters. The topological polar surface area (TPSA) is 105 Å². The molecule has 0 saturated heterocycles. The maximum Gasteiger partial charge on any atom is 0.422 e. The van der Waals surface area contributed by atoms with Gasteiger partial charge in [0.15, 0.2) is 0 Å². The van der Waals surface area contributed by atoms with Gasteiger partial charge in [-0.2, -0.15) is 13.1 Å². The van der Waals surface area contributed by atoms with Gasteiger partial charge in [0.05, 0.1) is 12.7 Å². The summed E-state index contributed by atoms with van der Waals surface area (Å²) in [6.07, 6.45) is -1.46. The van der Waals surface area contributed by atoms with E-state index in [4.69, 9.17) is 5.11 Å². The Balaban J connectivity index is 4.43. The number of hydrogen-bond donors (Lipinski definition) is 3. The summed E-state index contributed by atoms with van der Waals surface area (Å²) in [5.74, 6) is -0.0994. The fourth-order valence-electron chi connectivity index (χ4n) is 0.961. The Morgan fingerprint density at radius 3 is 2.18 bits per heavy atom. The van der Waals surface area contributed by atoms with Crippen LogP contribution in [0.4, 0.5) is 4.79 Å². The van der Waals surface area contributed by atoms with Gasteiger partial charge >= 0.3 is 16.3 Å². The maximum absolute atomic E-state index is 11.5. The van der Waals surface area contributed by atoms with Gasteiger partial charge in [0.2, 0.25) is 0 Å². The van der Waals surface area contributed by atoms with Crippen LogP contribution in [0.2, 0.25) is 0 Å². The summed E-state index contributed by atoms with van der Waals surface area (Å²) in [6, 6.07) is -0.653. The van der Waals surface area contributed by atoms with Crippen molar-refractivity contribution in [2.75, 3.05) is 6.61 Å². The molecule has 0 aliphatic rings. The molecule has 0 saturated carbocycles. The Hall–Kier alpha value is -0.860. The Labute approximate surface area is 102 Å². The normalized spacial score (nSPS) is 13.8. The van der Waals surface area contributed by atoms with E-state index in [1.165, 1.54) is 0 Å². The van der Waals surface area contributed by atoms with Crippen LogP contribution in [0.25, 0.3) is 0 Å². The van der Waals surface area contributed by atoms with E-state index in [-0.39, 0.29) is 12.5 Å². The summed E-state index contributed by atoms with van der Waals surface area (Å²) in [5.41, 5.74) is 0. The molecule has 0 aromatic carbocycles. The van der Waals surface area contributed by atoms with E-state index in [2.05, 4.69) is 9.46 Å². The minimum Gasteiger partial charge on any atom is -0.446 e. The standard InChI is InChI=1S/C9H20N2O5S/c1-6(2)8(5-12)10-17(14,15)11-9(13)16-7(3)4/h6-8,10,12H,5H2,1-4H3,(H,11,13)/t8-/m1/s1. The summed E-state index contributed by atoms with van der Waals surface area (Å²) in [4.78, 5) is 11.1. The Kier molecular flexibility index (Phi) is 6.43. The van der Waals surface area contributed by atoms with Gasteiger partial charge < -0.3 is 9.84 Å². The fraction of sp³-hybridized carbons (Fsp3) is 0.889. The molecule has 0 radical (unpaired) electrons. The molecule has 1 amide bonds. The van der Waals surface area contributed by atoms with Crippen molar-refractivity contribution in [3.63, 3.8) is 0 Å². The van der Waals surface area contributed by atoms with Crippen molar-refractivity contribution in [3.8, 4) is 0 Å². The minimum atomic E-state index is -4.02. The number of aliphatic hydroxyl groups excluding tert-OH is 1. The third-order valence-electron chi connectivity index (χ3n) is 1.87. The van der Waals surface area contributed by atoms with Gasteiger partial charge in [-0.25, -0.2) is 9.52 Å². The number of aliphatic hydroxyl groups is 1. The average molecular weight is 268 g/mol. The van der Waals surface area contributed by atoms with Crippen LogP contribution in [0.3, 0.4) is 0 Å². The van der Waals surface area contributed by atoms with E-state index >= 15 is 0 Å².